The highest BCUT2D eigenvalue weighted by Crippen LogP contribution is 2.17. The van der Waals surface area contributed by atoms with Crippen LogP contribution in [-0.2, 0) is 6.42 Å². The first-order chi connectivity index (χ1) is 10.0. The molecule has 1 rings (SSSR count). The molecule has 120 valence electrons. The molecule has 0 saturated heterocycles. The fourth-order valence-electron chi connectivity index (χ4n) is 2.79. The van der Waals surface area contributed by atoms with Gasteiger partial charge in [0.1, 0.15) is 0 Å². The zero-order chi connectivity index (χ0) is 15.7. The second-order valence-electron chi connectivity index (χ2n) is 6.96. The second-order valence-corrected chi connectivity index (χ2v) is 6.96. The van der Waals surface area contributed by atoms with E-state index >= 15 is 0 Å². The lowest BCUT2D eigenvalue weighted by atomic mass is 10.0. The van der Waals surface area contributed by atoms with Crippen molar-refractivity contribution >= 4 is 0 Å². The maximum Gasteiger partial charge on any atom is 0.0294 e. The van der Waals surface area contributed by atoms with E-state index < -0.39 is 0 Å². The van der Waals surface area contributed by atoms with Gasteiger partial charge in [-0.15, -0.1) is 0 Å². The van der Waals surface area contributed by atoms with Gasteiger partial charge in [0.15, 0.2) is 0 Å². The van der Waals surface area contributed by atoms with Crippen molar-refractivity contribution in [2.45, 2.75) is 85.2 Å². The molecule has 0 saturated carbocycles. The molecule has 0 aromatic heterocycles. The van der Waals surface area contributed by atoms with E-state index in [2.05, 4.69) is 64.2 Å². The molecule has 0 aliphatic heterocycles. The molecule has 0 bridgehead atoms. The monoisotopic (exact) mass is 289 g/mol. The molecule has 0 aliphatic rings. The molecule has 2 atom stereocenters. The summed E-state index contributed by atoms with van der Waals surface area (Å²) in [4.78, 5) is 0. The highest BCUT2D eigenvalue weighted by atomic mass is 14.9. The molecule has 1 nitrogen and oxygen atoms in total. The van der Waals surface area contributed by atoms with Crippen LogP contribution in [0.5, 0.6) is 0 Å². The van der Waals surface area contributed by atoms with E-state index in [0.717, 1.165) is 5.92 Å². The Balaban J connectivity index is 2.38. The van der Waals surface area contributed by atoms with Crippen molar-refractivity contribution in [3.05, 3.63) is 35.4 Å². The summed E-state index contributed by atoms with van der Waals surface area (Å²) in [6.07, 6.45) is 7.72. The molecule has 1 aromatic carbocycles. The van der Waals surface area contributed by atoms with E-state index in [1.54, 1.807) is 0 Å². The maximum absolute atomic E-state index is 3.73. The van der Waals surface area contributed by atoms with Crippen LogP contribution in [0.2, 0.25) is 0 Å². The second kappa shape index (κ2) is 10.00. The number of nitrogens with one attached hydrogen (secondary N) is 1. The average molecular weight is 290 g/mol. The number of rotatable bonds is 10. The third-order valence-corrected chi connectivity index (χ3v) is 4.25. The minimum atomic E-state index is 0.444. The van der Waals surface area contributed by atoms with E-state index in [4.69, 9.17) is 0 Å². The first-order valence-corrected chi connectivity index (χ1v) is 8.87. The minimum absolute atomic E-state index is 0.444. The Labute approximate surface area is 132 Å². The van der Waals surface area contributed by atoms with Gasteiger partial charge in [-0.25, -0.2) is 0 Å². The Morgan fingerprint density at radius 1 is 0.905 bits per heavy atom. The molecule has 0 spiro atoms. The van der Waals surface area contributed by atoms with Gasteiger partial charge < -0.3 is 5.32 Å². The van der Waals surface area contributed by atoms with Gasteiger partial charge in [0, 0.05) is 12.1 Å². The Hall–Kier alpha value is -0.820. The zero-order valence-corrected chi connectivity index (χ0v) is 14.8. The van der Waals surface area contributed by atoms with Crippen LogP contribution in [-0.4, -0.2) is 6.04 Å². The highest BCUT2D eigenvalue weighted by Gasteiger charge is 2.09. The standard InChI is InChI=1S/C20H35N/c1-6-7-11-19-12-14-20(15-13-19)18(5)21-17(4)10-8-9-16(2)3/h12-18,21H,6-11H2,1-5H3. The predicted molar refractivity (Wildman–Crippen MR) is 94.8 cm³/mol. The number of hydrogen-bond donors (Lipinski definition) is 1. The van der Waals surface area contributed by atoms with Crippen LogP contribution in [0, 0.1) is 5.92 Å². The lowest BCUT2D eigenvalue weighted by molar-refractivity contribution is 0.424. The van der Waals surface area contributed by atoms with Crippen LogP contribution >= 0.6 is 0 Å². The molecule has 1 N–H and O–H groups in total. The number of hydrogen-bond acceptors (Lipinski definition) is 1. The maximum atomic E-state index is 3.73. The van der Waals surface area contributed by atoms with E-state index in [1.165, 1.54) is 49.7 Å². The molecular weight excluding hydrogens is 254 g/mol. The van der Waals surface area contributed by atoms with Crippen LogP contribution in [0.4, 0.5) is 0 Å². The van der Waals surface area contributed by atoms with Crippen molar-refractivity contribution in [3.63, 3.8) is 0 Å². The van der Waals surface area contributed by atoms with Gasteiger partial charge in [0.25, 0.3) is 0 Å². The molecule has 0 fully saturated rings. The summed E-state index contributed by atoms with van der Waals surface area (Å²) >= 11 is 0. The molecule has 0 amide bonds. The van der Waals surface area contributed by atoms with Gasteiger partial charge in [-0.2, -0.15) is 0 Å². The lowest BCUT2D eigenvalue weighted by Gasteiger charge is -2.21. The van der Waals surface area contributed by atoms with Gasteiger partial charge in [-0.3, -0.25) is 0 Å². The first kappa shape index (κ1) is 18.2. The third kappa shape index (κ3) is 7.66. The van der Waals surface area contributed by atoms with Crippen molar-refractivity contribution in [2.24, 2.45) is 5.92 Å². The number of aryl methyl sites for hydroxylation is 1. The summed E-state index contributed by atoms with van der Waals surface area (Å²) in [6, 6.07) is 10.2. The summed E-state index contributed by atoms with van der Waals surface area (Å²) in [5, 5.41) is 3.73. The highest BCUT2D eigenvalue weighted by molar-refractivity contribution is 5.24. The predicted octanol–water partition coefficient (Wildman–Crippen LogP) is 5.89. The minimum Gasteiger partial charge on any atom is -0.308 e. The fraction of sp³-hybridized carbons (Fsp3) is 0.700. The zero-order valence-electron chi connectivity index (χ0n) is 14.8. The SMILES string of the molecule is CCCCc1ccc(C(C)NC(C)CCCC(C)C)cc1. The first-order valence-electron chi connectivity index (χ1n) is 8.87. The molecule has 2 unspecified atom stereocenters. The topological polar surface area (TPSA) is 12.0 Å². The largest absolute Gasteiger partial charge is 0.308 e. The van der Waals surface area contributed by atoms with Crippen LogP contribution in [0.3, 0.4) is 0 Å². The fourth-order valence-corrected chi connectivity index (χ4v) is 2.79. The van der Waals surface area contributed by atoms with E-state index in [9.17, 15) is 0 Å². The Bertz CT molecular complexity index is 366. The van der Waals surface area contributed by atoms with Gasteiger partial charge in [-0.05, 0) is 50.2 Å². The molecular formula is C20H35N. The van der Waals surface area contributed by atoms with Crippen molar-refractivity contribution in [1.29, 1.82) is 0 Å². The Morgan fingerprint density at radius 3 is 2.14 bits per heavy atom. The summed E-state index contributed by atoms with van der Waals surface area (Å²) in [6.45, 7) is 11.5. The average Bonchev–Trinajstić information content (AvgIpc) is 2.45. The van der Waals surface area contributed by atoms with Crippen LogP contribution < -0.4 is 5.32 Å². The summed E-state index contributed by atoms with van der Waals surface area (Å²) < 4.78 is 0. The molecule has 21 heavy (non-hydrogen) atoms. The molecule has 1 aromatic rings. The summed E-state index contributed by atoms with van der Waals surface area (Å²) in [5.41, 5.74) is 2.88. The molecule has 0 heterocycles. The summed E-state index contributed by atoms with van der Waals surface area (Å²) in [7, 11) is 0. The molecule has 0 aliphatic carbocycles. The normalized spacial score (nSPS) is 14.4. The van der Waals surface area contributed by atoms with Crippen molar-refractivity contribution in [1.82, 2.24) is 5.32 Å². The van der Waals surface area contributed by atoms with Gasteiger partial charge in [0.05, 0.1) is 0 Å². The van der Waals surface area contributed by atoms with Crippen LogP contribution in [0.25, 0.3) is 0 Å². The van der Waals surface area contributed by atoms with Crippen LogP contribution in [0.15, 0.2) is 24.3 Å². The smallest absolute Gasteiger partial charge is 0.0294 e. The third-order valence-electron chi connectivity index (χ3n) is 4.25. The Morgan fingerprint density at radius 2 is 1.57 bits per heavy atom. The number of benzene rings is 1. The Kier molecular flexibility index (Phi) is 8.68. The van der Waals surface area contributed by atoms with E-state index in [-0.39, 0.29) is 0 Å². The van der Waals surface area contributed by atoms with Gasteiger partial charge in [-0.1, -0.05) is 64.3 Å². The van der Waals surface area contributed by atoms with Gasteiger partial charge in [0.2, 0.25) is 0 Å². The van der Waals surface area contributed by atoms with E-state index in [1.807, 2.05) is 0 Å². The van der Waals surface area contributed by atoms with E-state index in [0.29, 0.717) is 12.1 Å². The van der Waals surface area contributed by atoms with Crippen molar-refractivity contribution in [3.8, 4) is 0 Å². The van der Waals surface area contributed by atoms with Crippen LogP contribution in [0.1, 0.15) is 83.9 Å². The lowest BCUT2D eigenvalue weighted by Crippen LogP contribution is -2.28. The van der Waals surface area contributed by atoms with Gasteiger partial charge >= 0.3 is 0 Å². The summed E-state index contributed by atoms with van der Waals surface area (Å²) in [5.74, 6) is 0.824. The molecule has 1 heteroatoms. The number of unbranched alkanes of at least 4 members (excludes halogenated alkanes) is 1. The van der Waals surface area contributed by atoms with Crippen molar-refractivity contribution < 1.29 is 0 Å². The quantitative estimate of drug-likeness (QED) is 0.566. The molecule has 0 radical (unpaired) electrons. The van der Waals surface area contributed by atoms with Crippen molar-refractivity contribution in [2.75, 3.05) is 0 Å².